The molecule has 0 bridgehead atoms. The van der Waals surface area contributed by atoms with Gasteiger partial charge in [-0.3, -0.25) is 4.68 Å². The lowest BCUT2D eigenvalue weighted by Crippen LogP contribution is -2.23. The normalized spacial score (nSPS) is 12.9. The third-order valence-electron chi connectivity index (χ3n) is 3.06. The van der Waals surface area contributed by atoms with Crippen molar-refractivity contribution in [3.05, 3.63) is 50.2 Å². The molecule has 1 heterocycles. The second-order valence-corrected chi connectivity index (χ2v) is 6.57. The van der Waals surface area contributed by atoms with Crippen molar-refractivity contribution in [2.75, 3.05) is 7.05 Å². The van der Waals surface area contributed by atoms with Gasteiger partial charge in [0.15, 0.2) is 0 Å². The highest BCUT2D eigenvalue weighted by Gasteiger charge is 2.22. The van der Waals surface area contributed by atoms with E-state index in [1.807, 2.05) is 30.1 Å². The minimum Gasteiger partial charge on any atom is -0.308 e. The summed E-state index contributed by atoms with van der Waals surface area (Å²) in [5.74, 6) is 0. The topological polar surface area (TPSA) is 29.9 Å². The van der Waals surface area contributed by atoms with E-state index < -0.39 is 0 Å². The first-order valence-electron chi connectivity index (χ1n) is 6.30. The average Bonchev–Trinajstić information content (AvgIpc) is 2.72. The van der Waals surface area contributed by atoms with Gasteiger partial charge in [0.2, 0.25) is 0 Å². The lowest BCUT2D eigenvalue weighted by molar-refractivity contribution is 0.483. The molecule has 108 valence electrons. The first kappa shape index (κ1) is 15.8. The Hall–Kier alpha value is -0.550. The molecule has 0 amide bonds. The summed E-state index contributed by atoms with van der Waals surface area (Å²) < 4.78 is 2.95. The minimum atomic E-state index is -0.0366. The molecule has 1 atom stereocenters. The van der Waals surface area contributed by atoms with Gasteiger partial charge in [-0.05, 0) is 60.6 Å². The van der Waals surface area contributed by atoms with Crippen LogP contribution in [-0.2, 0) is 0 Å². The first-order valence-corrected chi connectivity index (χ1v) is 7.85. The molecule has 1 unspecified atom stereocenters. The van der Waals surface area contributed by atoms with Gasteiger partial charge in [-0.2, -0.15) is 5.10 Å². The van der Waals surface area contributed by atoms with E-state index in [1.165, 1.54) is 0 Å². The molecule has 0 saturated heterocycles. The number of halogens is 3. The maximum absolute atomic E-state index is 6.11. The quantitative estimate of drug-likeness (QED) is 0.827. The number of hydrogen-bond donors (Lipinski definition) is 1. The predicted molar refractivity (Wildman–Crippen MR) is 87.7 cm³/mol. The third-order valence-corrected chi connectivity index (χ3v) is 4.10. The van der Waals surface area contributed by atoms with Crippen LogP contribution in [0.2, 0.25) is 10.0 Å². The number of aromatic nitrogens is 2. The highest BCUT2D eigenvalue weighted by Crippen LogP contribution is 2.32. The molecular weight excluding hydrogens is 361 g/mol. The van der Waals surface area contributed by atoms with E-state index in [0.717, 1.165) is 15.7 Å². The second-order valence-electron chi connectivity index (χ2n) is 4.84. The van der Waals surface area contributed by atoms with Gasteiger partial charge >= 0.3 is 0 Å². The van der Waals surface area contributed by atoms with Crippen molar-refractivity contribution < 1.29 is 0 Å². The van der Waals surface area contributed by atoms with E-state index in [9.17, 15) is 0 Å². The third kappa shape index (κ3) is 3.19. The van der Waals surface area contributed by atoms with Gasteiger partial charge in [0.1, 0.15) is 0 Å². The zero-order valence-corrected chi connectivity index (χ0v) is 14.6. The molecular formula is C14H16BrCl2N3. The minimum absolute atomic E-state index is 0.0366. The lowest BCUT2D eigenvalue weighted by Gasteiger charge is -2.21. The molecule has 0 radical (unpaired) electrons. The Kier molecular flexibility index (Phi) is 5.13. The smallest absolute Gasteiger partial charge is 0.0758 e. The second kappa shape index (κ2) is 6.48. The zero-order valence-electron chi connectivity index (χ0n) is 11.5. The van der Waals surface area contributed by atoms with Gasteiger partial charge in [-0.15, -0.1) is 0 Å². The molecule has 1 aromatic carbocycles. The Morgan fingerprint density at radius 3 is 2.30 bits per heavy atom. The molecule has 1 aromatic heterocycles. The maximum atomic E-state index is 6.11. The van der Waals surface area contributed by atoms with Crippen LogP contribution in [0.25, 0.3) is 0 Å². The van der Waals surface area contributed by atoms with E-state index in [-0.39, 0.29) is 12.1 Å². The van der Waals surface area contributed by atoms with Crippen molar-refractivity contribution in [2.45, 2.75) is 25.9 Å². The van der Waals surface area contributed by atoms with E-state index in [1.54, 1.807) is 6.07 Å². The Bertz CT molecular complexity index is 590. The van der Waals surface area contributed by atoms with Crippen LogP contribution in [0.15, 0.2) is 28.9 Å². The van der Waals surface area contributed by atoms with E-state index in [4.69, 9.17) is 23.2 Å². The van der Waals surface area contributed by atoms with Crippen molar-refractivity contribution in [1.29, 1.82) is 0 Å². The van der Waals surface area contributed by atoms with Gasteiger partial charge in [-0.25, -0.2) is 0 Å². The molecule has 0 aliphatic heterocycles. The Balaban J connectivity index is 2.55. The lowest BCUT2D eigenvalue weighted by atomic mass is 10.0. The van der Waals surface area contributed by atoms with Gasteiger partial charge in [0.05, 0.1) is 22.4 Å². The number of nitrogens with zero attached hydrogens (tertiary/aromatic N) is 2. The SMILES string of the molecule is CNC(c1cc(Cl)cc(Cl)c1)c1c(Br)cnn1C(C)C. The fourth-order valence-corrected chi connectivity index (χ4v) is 3.28. The average molecular weight is 377 g/mol. The molecule has 1 N–H and O–H groups in total. The summed E-state index contributed by atoms with van der Waals surface area (Å²) in [6.45, 7) is 4.20. The summed E-state index contributed by atoms with van der Waals surface area (Å²) in [5.41, 5.74) is 2.06. The molecule has 2 rings (SSSR count). The highest BCUT2D eigenvalue weighted by molar-refractivity contribution is 9.10. The van der Waals surface area contributed by atoms with E-state index in [2.05, 4.69) is 40.2 Å². The standard InChI is InChI=1S/C14H16BrCl2N3/c1-8(2)20-14(12(15)7-19-20)13(18-3)9-4-10(16)6-11(17)5-9/h4-8,13,18H,1-3H3. The molecule has 0 aliphatic rings. The van der Waals surface area contributed by atoms with Gasteiger partial charge in [-0.1, -0.05) is 23.2 Å². The molecule has 0 saturated carbocycles. The van der Waals surface area contributed by atoms with E-state index >= 15 is 0 Å². The van der Waals surface area contributed by atoms with E-state index in [0.29, 0.717) is 10.0 Å². The van der Waals surface area contributed by atoms with Crippen LogP contribution in [0.5, 0.6) is 0 Å². The largest absolute Gasteiger partial charge is 0.308 e. The molecule has 2 aromatic rings. The molecule has 6 heteroatoms. The Labute approximate surface area is 137 Å². The van der Waals surface area contributed by atoms with Crippen molar-refractivity contribution in [3.63, 3.8) is 0 Å². The number of nitrogens with one attached hydrogen (secondary N) is 1. The maximum Gasteiger partial charge on any atom is 0.0758 e. The monoisotopic (exact) mass is 375 g/mol. The summed E-state index contributed by atoms with van der Waals surface area (Å²) >= 11 is 15.8. The number of rotatable bonds is 4. The Morgan fingerprint density at radius 1 is 1.20 bits per heavy atom. The van der Waals surface area contributed by atoms with Crippen LogP contribution in [0.4, 0.5) is 0 Å². The molecule has 0 aliphatic carbocycles. The van der Waals surface area contributed by atoms with Crippen LogP contribution in [-0.4, -0.2) is 16.8 Å². The first-order chi connectivity index (χ1) is 9.43. The molecule has 3 nitrogen and oxygen atoms in total. The van der Waals surface area contributed by atoms with Crippen molar-refractivity contribution in [1.82, 2.24) is 15.1 Å². The van der Waals surface area contributed by atoms with Crippen molar-refractivity contribution >= 4 is 39.1 Å². The summed E-state index contributed by atoms with van der Waals surface area (Å²) in [7, 11) is 1.91. The van der Waals surface area contributed by atoms with Gasteiger partial charge in [0.25, 0.3) is 0 Å². The summed E-state index contributed by atoms with van der Waals surface area (Å²) in [5, 5.41) is 8.97. The van der Waals surface area contributed by atoms with Crippen LogP contribution in [0.1, 0.15) is 37.2 Å². The van der Waals surface area contributed by atoms with Gasteiger partial charge in [0, 0.05) is 16.1 Å². The molecule has 0 fully saturated rings. The molecule has 20 heavy (non-hydrogen) atoms. The van der Waals surface area contributed by atoms with Crippen LogP contribution < -0.4 is 5.32 Å². The predicted octanol–water partition coefficient (Wildman–Crippen LogP) is 4.84. The zero-order chi connectivity index (χ0) is 14.9. The van der Waals surface area contributed by atoms with Crippen molar-refractivity contribution in [3.8, 4) is 0 Å². The number of hydrogen-bond acceptors (Lipinski definition) is 2. The summed E-state index contributed by atoms with van der Waals surface area (Å²) in [4.78, 5) is 0. The summed E-state index contributed by atoms with van der Waals surface area (Å²) in [6.07, 6.45) is 1.81. The van der Waals surface area contributed by atoms with Crippen LogP contribution in [0, 0.1) is 0 Å². The Morgan fingerprint density at radius 2 is 1.80 bits per heavy atom. The van der Waals surface area contributed by atoms with Crippen LogP contribution >= 0.6 is 39.1 Å². The van der Waals surface area contributed by atoms with Crippen molar-refractivity contribution in [2.24, 2.45) is 0 Å². The fourth-order valence-electron chi connectivity index (χ4n) is 2.24. The highest BCUT2D eigenvalue weighted by atomic mass is 79.9. The number of benzene rings is 1. The summed E-state index contributed by atoms with van der Waals surface area (Å²) in [6, 6.07) is 5.79. The molecule has 0 spiro atoms. The fraction of sp³-hybridized carbons (Fsp3) is 0.357. The van der Waals surface area contributed by atoms with Gasteiger partial charge < -0.3 is 5.32 Å². The van der Waals surface area contributed by atoms with Crippen LogP contribution in [0.3, 0.4) is 0 Å².